The lowest BCUT2D eigenvalue weighted by Gasteiger charge is -2.38. The van der Waals surface area contributed by atoms with E-state index in [0.29, 0.717) is 31.2 Å². The molecule has 0 fully saturated rings. The van der Waals surface area contributed by atoms with E-state index in [2.05, 4.69) is 16.8 Å². The van der Waals surface area contributed by atoms with Crippen LogP contribution in [0.1, 0.15) is 43.7 Å². The molecule has 0 saturated carbocycles. The summed E-state index contributed by atoms with van der Waals surface area (Å²) < 4.78 is 11.5. The number of carbonyl (C=O) groups excluding carboxylic acids is 2. The number of rotatable bonds is 9. The highest BCUT2D eigenvalue weighted by Gasteiger charge is 2.34. The molecule has 1 aromatic heterocycles. The van der Waals surface area contributed by atoms with Gasteiger partial charge in [0.05, 0.1) is 13.2 Å². The molecule has 8 heteroatoms. The van der Waals surface area contributed by atoms with Gasteiger partial charge in [-0.2, -0.15) is 0 Å². The number of hydrogen-bond donors (Lipinski definition) is 1. The summed E-state index contributed by atoms with van der Waals surface area (Å²) in [6.45, 7) is 7.36. The number of thiophene rings is 1. The molecule has 2 aromatic rings. The van der Waals surface area contributed by atoms with Gasteiger partial charge in [0.25, 0.3) is 0 Å². The number of ether oxygens (including phenoxy) is 2. The molecule has 0 aliphatic carbocycles. The van der Waals surface area contributed by atoms with Gasteiger partial charge in [0.2, 0.25) is 5.91 Å². The van der Waals surface area contributed by atoms with E-state index in [1.807, 2.05) is 49.9 Å². The Morgan fingerprint density at radius 3 is 2.69 bits per heavy atom. The van der Waals surface area contributed by atoms with Crippen LogP contribution >= 0.6 is 11.3 Å². The van der Waals surface area contributed by atoms with Gasteiger partial charge >= 0.3 is 6.03 Å². The van der Waals surface area contributed by atoms with Crippen LogP contribution in [-0.4, -0.2) is 61.1 Å². The molecule has 1 aliphatic heterocycles. The second-order valence-corrected chi connectivity index (χ2v) is 8.84. The molecule has 0 spiro atoms. The maximum atomic E-state index is 13.4. The summed E-state index contributed by atoms with van der Waals surface area (Å²) in [7, 11) is 1.61. The van der Waals surface area contributed by atoms with Crippen LogP contribution in [0.5, 0.6) is 11.5 Å². The van der Waals surface area contributed by atoms with Crippen molar-refractivity contribution in [2.24, 2.45) is 0 Å². The zero-order valence-electron chi connectivity index (χ0n) is 19.3. The number of amides is 3. The molecule has 7 nitrogen and oxygen atoms in total. The summed E-state index contributed by atoms with van der Waals surface area (Å²) >= 11 is 1.71. The van der Waals surface area contributed by atoms with Crippen molar-refractivity contribution < 1.29 is 19.1 Å². The van der Waals surface area contributed by atoms with Crippen molar-refractivity contribution in [2.45, 2.75) is 45.7 Å². The number of nitrogens with zero attached hydrogens (tertiary/aromatic N) is 2. The van der Waals surface area contributed by atoms with Gasteiger partial charge in [0.1, 0.15) is 13.2 Å². The van der Waals surface area contributed by atoms with Crippen LogP contribution in [0, 0.1) is 0 Å². The number of hydrogen-bond acceptors (Lipinski definition) is 5. The van der Waals surface area contributed by atoms with Gasteiger partial charge in [-0.1, -0.05) is 19.1 Å². The first-order valence-corrected chi connectivity index (χ1v) is 12.0. The SMILES string of the molecule is CCNC(=O)N(CC(=O)N1CCc2sccc2[C@H]1COc1ccccc1OC)[C@@H](C)CC. The first kappa shape index (κ1) is 23.9. The van der Waals surface area contributed by atoms with Crippen molar-refractivity contribution in [3.05, 3.63) is 46.2 Å². The molecule has 1 aromatic carbocycles. The second-order valence-electron chi connectivity index (χ2n) is 7.83. The van der Waals surface area contributed by atoms with Gasteiger partial charge in [0.15, 0.2) is 11.5 Å². The minimum absolute atomic E-state index is 0.0321. The van der Waals surface area contributed by atoms with Gasteiger partial charge in [-0.15, -0.1) is 11.3 Å². The third-order valence-electron chi connectivity index (χ3n) is 5.90. The average Bonchev–Trinajstić information content (AvgIpc) is 3.29. The fourth-order valence-electron chi connectivity index (χ4n) is 3.92. The summed E-state index contributed by atoms with van der Waals surface area (Å²) in [5.41, 5.74) is 1.12. The lowest BCUT2D eigenvalue weighted by atomic mass is 10.00. The van der Waals surface area contributed by atoms with E-state index in [9.17, 15) is 9.59 Å². The summed E-state index contributed by atoms with van der Waals surface area (Å²) in [6, 6.07) is 9.13. The minimum Gasteiger partial charge on any atom is -0.493 e. The maximum absolute atomic E-state index is 13.4. The summed E-state index contributed by atoms with van der Waals surface area (Å²) in [5.74, 6) is 1.24. The molecule has 0 unspecified atom stereocenters. The van der Waals surface area contributed by atoms with Gasteiger partial charge < -0.3 is 24.6 Å². The number of benzene rings is 1. The van der Waals surface area contributed by atoms with Crippen molar-refractivity contribution in [2.75, 3.05) is 33.4 Å². The Morgan fingerprint density at radius 2 is 2.00 bits per heavy atom. The van der Waals surface area contributed by atoms with Crippen molar-refractivity contribution in [3.8, 4) is 11.5 Å². The first-order chi connectivity index (χ1) is 15.5. The zero-order chi connectivity index (χ0) is 23.1. The topological polar surface area (TPSA) is 71.1 Å². The zero-order valence-corrected chi connectivity index (χ0v) is 20.1. The van der Waals surface area contributed by atoms with E-state index in [1.165, 1.54) is 4.88 Å². The summed E-state index contributed by atoms with van der Waals surface area (Å²) in [5, 5.41) is 4.89. The fourth-order valence-corrected chi connectivity index (χ4v) is 4.85. The normalized spacial score (nSPS) is 16.1. The molecule has 1 aliphatic rings. The third-order valence-corrected chi connectivity index (χ3v) is 6.89. The van der Waals surface area contributed by atoms with Crippen LogP contribution in [0.3, 0.4) is 0 Å². The Balaban J connectivity index is 1.80. The smallest absolute Gasteiger partial charge is 0.318 e. The van der Waals surface area contributed by atoms with Gasteiger partial charge in [-0.3, -0.25) is 4.79 Å². The highest BCUT2D eigenvalue weighted by molar-refractivity contribution is 7.10. The van der Waals surface area contributed by atoms with E-state index in [-0.39, 0.29) is 30.6 Å². The summed E-state index contributed by atoms with van der Waals surface area (Å²) in [6.07, 6.45) is 1.59. The molecule has 2 heterocycles. The van der Waals surface area contributed by atoms with Crippen LogP contribution in [0.2, 0.25) is 0 Å². The molecule has 2 atom stereocenters. The second kappa shape index (κ2) is 11.2. The Labute approximate surface area is 194 Å². The highest BCUT2D eigenvalue weighted by Crippen LogP contribution is 2.35. The van der Waals surface area contributed by atoms with Crippen LogP contribution in [0.4, 0.5) is 4.79 Å². The average molecular weight is 460 g/mol. The number of para-hydroxylation sites is 2. The molecule has 0 bridgehead atoms. The van der Waals surface area contributed by atoms with E-state index in [4.69, 9.17) is 9.47 Å². The van der Waals surface area contributed by atoms with Crippen LogP contribution in [-0.2, 0) is 11.2 Å². The van der Waals surface area contributed by atoms with Crippen molar-refractivity contribution in [1.29, 1.82) is 0 Å². The number of carbonyl (C=O) groups is 2. The standard InChI is InChI=1S/C24H33N3O4S/c1-5-17(3)27(24(29)25-6-2)15-23(28)26-13-11-22-18(12-14-32-22)19(26)16-31-21-10-8-7-9-20(21)30-4/h7-10,12,14,17,19H,5-6,11,13,15-16H2,1-4H3,(H,25,29)/t17-,19+/m0/s1. The summed E-state index contributed by atoms with van der Waals surface area (Å²) in [4.78, 5) is 30.8. The number of urea groups is 1. The number of nitrogens with one attached hydrogen (secondary N) is 1. The highest BCUT2D eigenvalue weighted by atomic mass is 32.1. The fraction of sp³-hybridized carbons (Fsp3) is 0.500. The van der Waals surface area contributed by atoms with Crippen molar-refractivity contribution in [1.82, 2.24) is 15.1 Å². The minimum atomic E-state index is -0.213. The Kier molecular flexibility index (Phi) is 8.39. The van der Waals surface area contributed by atoms with Gasteiger partial charge in [-0.25, -0.2) is 4.79 Å². The quantitative estimate of drug-likeness (QED) is 0.613. The Morgan fingerprint density at radius 1 is 1.25 bits per heavy atom. The molecule has 32 heavy (non-hydrogen) atoms. The third kappa shape index (κ3) is 5.35. The van der Waals surface area contributed by atoms with Crippen molar-refractivity contribution >= 4 is 23.3 Å². The maximum Gasteiger partial charge on any atom is 0.318 e. The van der Waals surface area contributed by atoms with E-state index in [0.717, 1.165) is 18.4 Å². The van der Waals surface area contributed by atoms with Crippen LogP contribution in [0.25, 0.3) is 0 Å². The molecular formula is C24H33N3O4S. The predicted octanol–water partition coefficient (Wildman–Crippen LogP) is 4.09. The molecule has 3 amide bonds. The van der Waals surface area contributed by atoms with E-state index in [1.54, 1.807) is 23.3 Å². The first-order valence-electron chi connectivity index (χ1n) is 11.2. The molecule has 0 saturated heterocycles. The largest absolute Gasteiger partial charge is 0.493 e. The lowest BCUT2D eigenvalue weighted by molar-refractivity contribution is -0.135. The predicted molar refractivity (Wildman–Crippen MR) is 126 cm³/mol. The Hall–Kier alpha value is -2.74. The molecule has 1 N–H and O–H groups in total. The van der Waals surface area contributed by atoms with Crippen LogP contribution in [0.15, 0.2) is 35.7 Å². The van der Waals surface area contributed by atoms with E-state index >= 15 is 0 Å². The number of fused-ring (bicyclic) bond motifs is 1. The van der Waals surface area contributed by atoms with Crippen molar-refractivity contribution in [3.63, 3.8) is 0 Å². The molecule has 3 rings (SSSR count). The molecule has 0 radical (unpaired) electrons. The molecule has 174 valence electrons. The van der Waals surface area contributed by atoms with Crippen LogP contribution < -0.4 is 14.8 Å². The monoisotopic (exact) mass is 459 g/mol. The Bertz CT molecular complexity index is 916. The number of methoxy groups -OCH3 is 1. The van der Waals surface area contributed by atoms with Gasteiger partial charge in [0, 0.05) is 24.0 Å². The van der Waals surface area contributed by atoms with E-state index < -0.39 is 0 Å². The lowest BCUT2D eigenvalue weighted by Crippen LogP contribution is -2.52. The molecular weight excluding hydrogens is 426 g/mol. The van der Waals surface area contributed by atoms with Gasteiger partial charge in [-0.05, 0) is 55.8 Å².